The van der Waals surface area contributed by atoms with Crippen LogP contribution >= 0.6 is 11.6 Å². The highest BCUT2D eigenvalue weighted by Gasteiger charge is 2.31. The van der Waals surface area contributed by atoms with Crippen LogP contribution in [-0.2, 0) is 0 Å². The van der Waals surface area contributed by atoms with Crippen LogP contribution in [0.5, 0.6) is 28.7 Å². The van der Waals surface area contributed by atoms with Gasteiger partial charge in [-0.25, -0.2) is 4.79 Å². The fourth-order valence-electron chi connectivity index (χ4n) is 3.70. The van der Waals surface area contributed by atoms with Crippen molar-refractivity contribution < 1.29 is 33.3 Å². The monoisotopic (exact) mass is 480 g/mol. The van der Waals surface area contributed by atoms with E-state index in [1.807, 2.05) is 0 Å². The molecule has 0 saturated carbocycles. The van der Waals surface area contributed by atoms with E-state index in [-0.39, 0.29) is 17.3 Å². The van der Waals surface area contributed by atoms with Crippen molar-refractivity contribution >= 4 is 29.4 Å². The third-order valence-corrected chi connectivity index (χ3v) is 5.47. The van der Waals surface area contributed by atoms with Crippen LogP contribution < -0.4 is 23.7 Å². The molecule has 0 amide bonds. The number of rotatable bonds is 6. The molecule has 0 radical (unpaired) electrons. The van der Waals surface area contributed by atoms with Crippen molar-refractivity contribution in [2.45, 2.75) is 6.92 Å². The Labute approximate surface area is 201 Å². The van der Waals surface area contributed by atoms with Crippen molar-refractivity contribution in [1.29, 1.82) is 0 Å². The average molecular weight is 481 g/mol. The Kier molecular flexibility index (Phi) is 6.47. The van der Waals surface area contributed by atoms with Gasteiger partial charge in [-0.05, 0) is 55.0 Å². The summed E-state index contributed by atoms with van der Waals surface area (Å²) in [5, 5.41) is 0.425. The molecule has 0 fully saturated rings. The lowest BCUT2D eigenvalue weighted by molar-refractivity contribution is 0.0734. The molecule has 3 aromatic rings. The van der Waals surface area contributed by atoms with Gasteiger partial charge in [0.15, 0.2) is 17.3 Å². The second-order valence-corrected chi connectivity index (χ2v) is 7.81. The molecular weight excluding hydrogens is 460 g/mol. The molecule has 174 valence electrons. The Morgan fingerprint density at radius 1 is 0.971 bits per heavy atom. The molecule has 7 nitrogen and oxygen atoms in total. The summed E-state index contributed by atoms with van der Waals surface area (Å²) >= 11 is 5.95. The normalized spacial score (nSPS) is 13.3. The summed E-state index contributed by atoms with van der Waals surface area (Å²) in [5.41, 5.74) is 1.89. The molecule has 0 aromatic heterocycles. The largest absolute Gasteiger partial charge is 0.493 e. The molecule has 0 unspecified atom stereocenters. The maximum atomic E-state index is 13.1. The SMILES string of the molecule is COc1ccc(/C=C2\Oc3cc(OC(=O)c4cccc(Cl)c4)cc(C)c3C2=O)c(OC)c1OC. The fraction of sp³-hybridized carbons (Fsp3) is 0.154. The van der Waals surface area contributed by atoms with Crippen LogP contribution in [0.2, 0.25) is 5.02 Å². The number of allylic oxidation sites excluding steroid dienone is 1. The van der Waals surface area contributed by atoms with E-state index in [1.165, 1.54) is 33.5 Å². The van der Waals surface area contributed by atoms with Crippen LogP contribution in [0.3, 0.4) is 0 Å². The topological polar surface area (TPSA) is 80.3 Å². The van der Waals surface area contributed by atoms with E-state index in [4.69, 9.17) is 35.3 Å². The first-order chi connectivity index (χ1) is 16.4. The van der Waals surface area contributed by atoms with E-state index in [0.29, 0.717) is 50.3 Å². The number of Topliss-reactive ketones (excluding diaryl/α,β-unsaturated/α-hetero) is 1. The van der Waals surface area contributed by atoms with Crippen molar-refractivity contribution in [3.05, 3.63) is 81.6 Å². The van der Waals surface area contributed by atoms with Gasteiger partial charge in [0, 0.05) is 16.7 Å². The number of hydrogen-bond donors (Lipinski definition) is 0. The van der Waals surface area contributed by atoms with Crippen molar-refractivity contribution in [3.8, 4) is 28.7 Å². The molecule has 1 heterocycles. The Bertz CT molecular complexity index is 1330. The van der Waals surface area contributed by atoms with Gasteiger partial charge in [0.1, 0.15) is 11.5 Å². The summed E-state index contributed by atoms with van der Waals surface area (Å²) in [6.07, 6.45) is 1.57. The van der Waals surface area contributed by atoms with Crippen molar-refractivity contribution in [2.75, 3.05) is 21.3 Å². The third kappa shape index (κ3) is 4.30. The second-order valence-electron chi connectivity index (χ2n) is 7.38. The molecule has 3 aromatic carbocycles. The highest BCUT2D eigenvalue weighted by atomic mass is 35.5. The first kappa shape index (κ1) is 23.2. The van der Waals surface area contributed by atoms with Crippen molar-refractivity contribution in [3.63, 3.8) is 0 Å². The Morgan fingerprint density at radius 2 is 1.74 bits per heavy atom. The van der Waals surface area contributed by atoms with Gasteiger partial charge in [-0.3, -0.25) is 4.79 Å². The van der Waals surface area contributed by atoms with Gasteiger partial charge in [-0.2, -0.15) is 0 Å². The summed E-state index contributed by atoms with van der Waals surface area (Å²) in [6.45, 7) is 1.75. The Hall–Kier alpha value is -3.97. The molecule has 0 bridgehead atoms. The zero-order valence-electron chi connectivity index (χ0n) is 18.9. The average Bonchev–Trinajstić information content (AvgIpc) is 3.13. The Morgan fingerprint density at radius 3 is 2.41 bits per heavy atom. The van der Waals surface area contributed by atoms with E-state index >= 15 is 0 Å². The van der Waals surface area contributed by atoms with Crippen LogP contribution in [-0.4, -0.2) is 33.1 Å². The number of esters is 1. The number of aryl methyl sites for hydroxylation is 1. The van der Waals surface area contributed by atoms with Crippen LogP contribution in [0, 0.1) is 6.92 Å². The lowest BCUT2D eigenvalue weighted by Crippen LogP contribution is -2.08. The molecule has 0 aliphatic carbocycles. The third-order valence-electron chi connectivity index (χ3n) is 5.24. The number of ketones is 1. The number of halogens is 1. The zero-order valence-corrected chi connectivity index (χ0v) is 19.7. The first-order valence-electron chi connectivity index (χ1n) is 10.2. The first-order valence-corrected chi connectivity index (χ1v) is 10.6. The molecule has 8 heteroatoms. The molecule has 34 heavy (non-hydrogen) atoms. The quantitative estimate of drug-likeness (QED) is 0.261. The number of carbonyl (C=O) groups excluding carboxylic acids is 2. The molecular formula is C26H21ClO7. The van der Waals surface area contributed by atoms with Gasteiger partial charge in [-0.1, -0.05) is 17.7 Å². The number of methoxy groups -OCH3 is 3. The predicted octanol–water partition coefficient (Wildman–Crippen LogP) is 5.51. The molecule has 4 rings (SSSR count). The highest BCUT2D eigenvalue weighted by molar-refractivity contribution is 6.30. The minimum absolute atomic E-state index is 0.0990. The molecule has 1 aliphatic rings. The molecule has 0 saturated heterocycles. The summed E-state index contributed by atoms with van der Waals surface area (Å²) in [4.78, 5) is 25.6. The highest BCUT2D eigenvalue weighted by Crippen LogP contribution is 2.42. The molecule has 0 N–H and O–H groups in total. The molecule has 1 aliphatic heterocycles. The van der Waals surface area contributed by atoms with Gasteiger partial charge < -0.3 is 23.7 Å². The maximum Gasteiger partial charge on any atom is 0.343 e. The smallest absolute Gasteiger partial charge is 0.343 e. The van der Waals surface area contributed by atoms with Gasteiger partial charge >= 0.3 is 5.97 Å². The summed E-state index contributed by atoms with van der Waals surface area (Å²) in [7, 11) is 4.52. The van der Waals surface area contributed by atoms with Crippen LogP contribution in [0.1, 0.15) is 31.8 Å². The Balaban J connectivity index is 1.65. The predicted molar refractivity (Wildman–Crippen MR) is 127 cm³/mol. The van der Waals surface area contributed by atoms with Gasteiger partial charge in [0.2, 0.25) is 11.5 Å². The standard InChI is InChI=1S/C26H21ClO7/c1-14-10-18(33-26(29)16-6-5-7-17(27)11-16)13-20-22(14)23(28)21(34-20)12-15-8-9-19(30-2)25(32-4)24(15)31-3/h5-13H,1-4H3/b21-12-. The van der Waals surface area contributed by atoms with Gasteiger partial charge in [0.05, 0.1) is 32.5 Å². The number of carbonyl (C=O) groups is 2. The van der Waals surface area contributed by atoms with Crippen molar-refractivity contribution in [1.82, 2.24) is 0 Å². The number of benzene rings is 3. The van der Waals surface area contributed by atoms with Gasteiger partial charge in [-0.15, -0.1) is 0 Å². The lowest BCUT2D eigenvalue weighted by atomic mass is 10.0. The fourth-order valence-corrected chi connectivity index (χ4v) is 3.89. The van der Waals surface area contributed by atoms with Gasteiger partial charge in [0.25, 0.3) is 0 Å². The number of ether oxygens (including phenoxy) is 5. The minimum atomic E-state index is -0.572. The van der Waals surface area contributed by atoms with E-state index in [2.05, 4.69) is 0 Å². The van der Waals surface area contributed by atoms with Crippen LogP contribution in [0.4, 0.5) is 0 Å². The maximum absolute atomic E-state index is 13.1. The van der Waals surface area contributed by atoms with E-state index in [0.717, 1.165) is 0 Å². The molecule has 0 spiro atoms. The lowest BCUT2D eigenvalue weighted by Gasteiger charge is -2.14. The summed E-state index contributed by atoms with van der Waals surface area (Å²) in [6, 6.07) is 13.0. The van der Waals surface area contributed by atoms with E-state index < -0.39 is 5.97 Å². The van der Waals surface area contributed by atoms with E-state index in [1.54, 1.807) is 49.4 Å². The number of fused-ring (bicyclic) bond motifs is 1. The second kappa shape index (κ2) is 9.49. The van der Waals surface area contributed by atoms with Crippen LogP contribution in [0.15, 0.2) is 54.3 Å². The minimum Gasteiger partial charge on any atom is -0.493 e. The van der Waals surface area contributed by atoms with E-state index in [9.17, 15) is 9.59 Å². The molecule has 0 atom stereocenters. The van der Waals surface area contributed by atoms with Crippen molar-refractivity contribution in [2.24, 2.45) is 0 Å². The zero-order chi connectivity index (χ0) is 24.4. The summed E-state index contributed by atoms with van der Waals surface area (Å²) in [5.74, 6) is 1.06. The number of hydrogen-bond acceptors (Lipinski definition) is 7. The van der Waals surface area contributed by atoms with Crippen LogP contribution in [0.25, 0.3) is 6.08 Å². The summed E-state index contributed by atoms with van der Waals surface area (Å²) < 4.78 is 27.5.